The van der Waals surface area contributed by atoms with E-state index in [9.17, 15) is 0 Å². The van der Waals surface area contributed by atoms with Crippen LogP contribution in [0.5, 0.6) is 5.75 Å². The van der Waals surface area contributed by atoms with Gasteiger partial charge in [0, 0.05) is 0 Å². The molecule has 0 saturated heterocycles. The van der Waals surface area contributed by atoms with E-state index in [0.717, 1.165) is 12.2 Å². The molecule has 53 heavy (non-hydrogen) atoms. The smallest absolute Gasteiger partial charge is 0.122 e. The Morgan fingerprint density at radius 1 is 0.396 bits per heavy atom. The van der Waals surface area contributed by atoms with Gasteiger partial charge in [-0.15, -0.1) is 0 Å². The van der Waals surface area contributed by atoms with Crippen molar-refractivity contribution in [2.24, 2.45) is 0 Å². The molecule has 1 aromatic carbocycles. The second-order valence-electron chi connectivity index (χ2n) is 12.3. The van der Waals surface area contributed by atoms with Crippen molar-refractivity contribution in [1.29, 1.82) is 0 Å². The van der Waals surface area contributed by atoms with Crippen LogP contribution in [0.2, 0.25) is 0 Å². The van der Waals surface area contributed by atoms with E-state index in [4.69, 9.17) is 61.9 Å². The minimum Gasteiger partial charge on any atom is -0.491 e. The Labute approximate surface area is 320 Å². The number of rotatable bonds is 44. The van der Waals surface area contributed by atoms with Gasteiger partial charge in [-0.3, -0.25) is 0 Å². The maximum absolute atomic E-state index is 8.60. The van der Waals surface area contributed by atoms with E-state index in [-0.39, 0.29) is 6.61 Å². The van der Waals surface area contributed by atoms with E-state index >= 15 is 0 Å². The van der Waals surface area contributed by atoms with Gasteiger partial charge in [0.15, 0.2) is 0 Å². The van der Waals surface area contributed by atoms with Crippen molar-refractivity contribution >= 4 is 0 Å². The monoisotopic (exact) mass is 763 g/mol. The van der Waals surface area contributed by atoms with Gasteiger partial charge in [-0.05, 0) is 31.4 Å². The number of hydrogen-bond donors (Lipinski definition) is 1. The largest absolute Gasteiger partial charge is 0.491 e. The highest BCUT2D eigenvalue weighted by molar-refractivity contribution is 5.37. The summed E-state index contributed by atoms with van der Waals surface area (Å²) in [4.78, 5) is 0. The number of hydrogen-bond acceptors (Lipinski definition) is 13. The van der Waals surface area contributed by atoms with Crippen molar-refractivity contribution in [3.8, 4) is 5.75 Å². The molecule has 1 aromatic rings. The first-order valence-electron chi connectivity index (χ1n) is 20.0. The molecule has 0 aliphatic rings. The molecule has 0 spiro atoms. The molecule has 0 aliphatic carbocycles. The predicted octanol–water partition coefficient (Wildman–Crippen LogP) is 4.84. The van der Waals surface area contributed by atoms with Crippen LogP contribution in [0.1, 0.15) is 63.0 Å². The van der Waals surface area contributed by atoms with Gasteiger partial charge in [0.25, 0.3) is 0 Å². The summed E-state index contributed by atoms with van der Waals surface area (Å²) in [5.41, 5.74) is 2.58. The van der Waals surface area contributed by atoms with Crippen LogP contribution in [0.25, 0.3) is 0 Å². The maximum Gasteiger partial charge on any atom is 0.122 e. The standard InChI is InChI=1S/C40H74O13/c1-3-4-5-6-7-8-9-10-39-37-38(2)11-12-40(39)53-36-35-52-34-33-51-32-31-50-30-29-49-28-27-48-26-25-47-24-23-46-22-21-45-20-19-44-18-17-43-16-15-42-14-13-41/h11-12,37,41H,3-10,13-36H2,1-2H3. The molecule has 1 rings (SSSR count). The molecule has 1 N–H and O–H groups in total. The van der Waals surface area contributed by atoms with Gasteiger partial charge in [-0.2, -0.15) is 0 Å². The highest BCUT2D eigenvalue weighted by Gasteiger charge is 2.05. The fourth-order valence-electron chi connectivity index (χ4n) is 4.89. The fourth-order valence-corrected chi connectivity index (χ4v) is 4.89. The van der Waals surface area contributed by atoms with Gasteiger partial charge in [-0.25, -0.2) is 0 Å². The highest BCUT2D eigenvalue weighted by atomic mass is 16.6. The molecule has 0 fully saturated rings. The van der Waals surface area contributed by atoms with Gasteiger partial charge in [0.05, 0.1) is 152 Å². The summed E-state index contributed by atoms with van der Waals surface area (Å²) in [7, 11) is 0. The summed E-state index contributed by atoms with van der Waals surface area (Å²) in [6, 6.07) is 6.46. The van der Waals surface area contributed by atoms with Crippen molar-refractivity contribution in [2.75, 3.05) is 159 Å². The van der Waals surface area contributed by atoms with Gasteiger partial charge in [0.2, 0.25) is 0 Å². The average molecular weight is 763 g/mol. The van der Waals surface area contributed by atoms with E-state index in [2.05, 4.69) is 32.0 Å². The zero-order chi connectivity index (χ0) is 38.0. The van der Waals surface area contributed by atoms with E-state index < -0.39 is 0 Å². The number of benzene rings is 1. The van der Waals surface area contributed by atoms with Crippen molar-refractivity contribution in [2.45, 2.75) is 65.2 Å². The summed E-state index contributed by atoms with van der Waals surface area (Å²) >= 11 is 0. The van der Waals surface area contributed by atoms with Crippen LogP contribution in [0, 0.1) is 6.92 Å². The lowest BCUT2D eigenvalue weighted by Crippen LogP contribution is -2.15. The minimum absolute atomic E-state index is 0.0254. The zero-order valence-corrected chi connectivity index (χ0v) is 33.2. The predicted molar refractivity (Wildman–Crippen MR) is 204 cm³/mol. The lowest BCUT2D eigenvalue weighted by atomic mass is 10.0. The molecular formula is C40H74O13. The molecule has 0 heterocycles. The molecule has 13 nitrogen and oxygen atoms in total. The van der Waals surface area contributed by atoms with Crippen molar-refractivity contribution < 1.29 is 61.9 Å². The molecule has 0 unspecified atom stereocenters. The Hall–Kier alpha value is -1.46. The van der Waals surface area contributed by atoms with Gasteiger partial charge in [-0.1, -0.05) is 63.1 Å². The normalized spacial score (nSPS) is 11.5. The summed E-state index contributed by atoms with van der Waals surface area (Å²) in [6.07, 6.45) is 10.3. The maximum atomic E-state index is 8.60. The molecule has 0 aliphatic heterocycles. The Morgan fingerprint density at radius 2 is 0.717 bits per heavy atom. The van der Waals surface area contributed by atoms with E-state index in [0.29, 0.717) is 152 Å². The van der Waals surface area contributed by atoms with E-state index in [1.54, 1.807) is 0 Å². The number of unbranched alkanes of at least 4 members (excludes halogenated alkanes) is 6. The molecule has 0 amide bonds. The third-order valence-electron chi connectivity index (χ3n) is 7.71. The van der Waals surface area contributed by atoms with Crippen LogP contribution in [0.4, 0.5) is 0 Å². The van der Waals surface area contributed by atoms with Gasteiger partial charge < -0.3 is 61.9 Å². The molecule has 0 atom stereocenters. The quantitative estimate of drug-likeness (QED) is 0.0912. The number of ether oxygens (including phenoxy) is 12. The summed E-state index contributed by atoms with van der Waals surface area (Å²) in [5.74, 6) is 0.981. The zero-order valence-electron chi connectivity index (χ0n) is 33.2. The first-order valence-corrected chi connectivity index (χ1v) is 20.0. The first-order chi connectivity index (χ1) is 26.3. The molecular weight excluding hydrogens is 688 g/mol. The molecule has 312 valence electrons. The number of aliphatic hydroxyl groups excluding tert-OH is 1. The van der Waals surface area contributed by atoms with Crippen LogP contribution < -0.4 is 4.74 Å². The molecule has 0 bridgehead atoms. The minimum atomic E-state index is 0.0254. The van der Waals surface area contributed by atoms with Crippen molar-refractivity contribution in [1.82, 2.24) is 0 Å². The molecule has 0 radical (unpaired) electrons. The highest BCUT2D eigenvalue weighted by Crippen LogP contribution is 2.23. The summed E-state index contributed by atoms with van der Waals surface area (Å²) in [5, 5.41) is 8.60. The Balaban J connectivity index is 1.74. The first kappa shape index (κ1) is 49.6. The summed E-state index contributed by atoms with van der Waals surface area (Å²) in [6.45, 7) is 16.0. The van der Waals surface area contributed by atoms with Crippen LogP contribution in [0.15, 0.2) is 18.2 Å². The molecule has 0 saturated carbocycles. The third kappa shape index (κ3) is 36.0. The Morgan fingerprint density at radius 3 is 1.08 bits per heavy atom. The van der Waals surface area contributed by atoms with Crippen LogP contribution >= 0.6 is 0 Å². The number of aryl methyl sites for hydroxylation is 2. The van der Waals surface area contributed by atoms with Crippen LogP contribution in [-0.2, 0) is 58.5 Å². The van der Waals surface area contributed by atoms with Crippen molar-refractivity contribution in [3.05, 3.63) is 29.3 Å². The van der Waals surface area contributed by atoms with Crippen molar-refractivity contribution in [3.63, 3.8) is 0 Å². The Kier molecular flexibility index (Phi) is 39.0. The van der Waals surface area contributed by atoms with Gasteiger partial charge >= 0.3 is 0 Å². The van der Waals surface area contributed by atoms with Crippen LogP contribution in [0.3, 0.4) is 0 Å². The number of aliphatic hydroxyl groups is 1. The fraction of sp³-hybridized carbons (Fsp3) is 0.850. The average Bonchev–Trinajstić information content (AvgIpc) is 3.16. The third-order valence-corrected chi connectivity index (χ3v) is 7.71. The molecule has 0 aromatic heterocycles. The second kappa shape index (κ2) is 41.7. The van der Waals surface area contributed by atoms with E-state index in [1.165, 1.54) is 56.1 Å². The SMILES string of the molecule is CCCCCCCCCc1cc(C)ccc1OCCOCCOCCOCCOCCOCCOCCOCCOCCOCCOCCOCCO. The molecule has 13 heteroatoms. The Bertz CT molecular complexity index is 864. The van der Waals surface area contributed by atoms with E-state index in [1.807, 2.05) is 0 Å². The lowest BCUT2D eigenvalue weighted by molar-refractivity contribution is -0.0280. The second-order valence-corrected chi connectivity index (χ2v) is 12.3. The topological polar surface area (TPSA) is 131 Å². The van der Waals surface area contributed by atoms with Crippen LogP contribution in [-0.4, -0.2) is 164 Å². The van der Waals surface area contributed by atoms with Gasteiger partial charge in [0.1, 0.15) is 12.4 Å². The lowest BCUT2D eigenvalue weighted by Gasteiger charge is -2.13. The summed E-state index contributed by atoms with van der Waals surface area (Å²) < 4.78 is 66.2.